The van der Waals surface area contributed by atoms with Gasteiger partial charge in [-0.1, -0.05) is 218 Å². The smallest absolute Gasteiger partial charge is 0.323 e. The summed E-state index contributed by atoms with van der Waals surface area (Å²) in [6.45, 7) is 0. The first-order valence-corrected chi connectivity index (χ1v) is 26.5. The van der Waals surface area contributed by atoms with Crippen molar-refractivity contribution in [2.75, 3.05) is 14.2 Å². The number of methoxy groups -OCH3 is 2. The molecule has 12 aromatic carbocycles. The average molecular weight is 1010 g/mol. The second-order valence-electron chi connectivity index (χ2n) is 20.3. The summed E-state index contributed by atoms with van der Waals surface area (Å²) in [5.41, 5.74) is 13.6. The Hall–Kier alpha value is -10.4. The van der Waals surface area contributed by atoms with Crippen LogP contribution in [0.5, 0.6) is 0 Å². The SMILES string of the molecule is COC(=O)C1(C(=O)OC)Cc2c(C#Cc3ccccc3C#CC#Cc3ccccc3)c3c4c(c5c(-c6ccccc6)c6c7ccccc7c7ccccc7c6c(-c6ccccc6)c5c(-c5ccccc5)c4c2C1)-c1ccccc1-3. The predicted octanol–water partition coefficient (Wildman–Crippen LogP) is 16.3. The van der Waals surface area contributed by atoms with Crippen LogP contribution in [0, 0.1) is 40.9 Å². The third-order valence-corrected chi connectivity index (χ3v) is 16.2. The van der Waals surface area contributed by atoms with E-state index in [2.05, 4.69) is 199 Å². The number of hydrogen-bond acceptors (Lipinski definition) is 4. The molecule has 12 aromatic rings. The van der Waals surface area contributed by atoms with E-state index in [0.717, 1.165) is 137 Å². The Bertz CT molecular complexity index is 4750. The monoisotopic (exact) mass is 1010 g/mol. The quantitative estimate of drug-likeness (QED) is 0.0567. The zero-order valence-electron chi connectivity index (χ0n) is 43.3. The zero-order chi connectivity index (χ0) is 53.2. The maximum atomic E-state index is 14.7. The minimum absolute atomic E-state index is 0.0179. The van der Waals surface area contributed by atoms with Gasteiger partial charge in [-0.05, 0) is 146 Å². The van der Waals surface area contributed by atoms with E-state index in [9.17, 15) is 9.59 Å². The molecule has 370 valence electrons. The highest BCUT2D eigenvalue weighted by Crippen LogP contribution is 2.63. The maximum Gasteiger partial charge on any atom is 0.323 e. The van der Waals surface area contributed by atoms with Crippen molar-refractivity contribution in [3.05, 3.63) is 252 Å². The van der Waals surface area contributed by atoms with Gasteiger partial charge in [0.25, 0.3) is 0 Å². The lowest BCUT2D eigenvalue weighted by Crippen LogP contribution is -2.42. The molecule has 14 rings (SSSR count). The molecule has 0 spiro atoms. The van der Waals surface area contributed by atoms with Crippen LogP contribution >= 0.6 is 0 Å². The average Bonchev–Trinajstić information content (AvgIpc) is 2.37. The van der Waals surface area contributed by atoms with E-state index >= 15 is 0 Å². The standard InChI is InChI=1S/C75H46O4/c1-78-73(76)75(74(77)79-2)45-60-59(44-43-49-30-18-17-29-48(49)28-16-15-27-47-25-7-3-8-26-47)65-57-41-23-24-42-58(57)68-71-63(51-33-11-5-12-34-51)67-56-40-22-20-38-54(56)53-37-19-21-39-55(53)66(67)62(50-31-9-4-10-32-50)70(71)64(52-35-13-6-14-36-52)69(72(65)68)61(60)46-75/h3-14,17-26,29-42H,45-46H2,1-2H3. The molecule has 4 heteroatoms. The van der Waals surface area contributed by atoms with Gasteiger partial charge in [0.1, 0.15) is 0 Å². The highest BCUT2D eigenvalue weighted by atomic mass is 16.5. The molecular weight excluding hydrogens is 965 g/mol. The Morgan fingerprint density at radius 2 is 0.747 bits per heavy atom. The van der Waals surface area contributed by atoms with Crippen LogP contribution in [0.4, 0.5) is 0 Å². The van der Waals surface area contributed by atoms with Crippen LogP contribution in [0.25, 0.3) is 109 Å². The number of esters is 2. The molecule has 0 atom stereocenters. The van der Waals surface area contributed by atoms with Crippen LogP contribution in [-0.4, -0.2) is 26.2 Å². The number of ether oxygens (including phenoxy) is 2. The molecule has 0 fully saturated rings. The van der Waals surface area contributed by atoms with Crippen molar-refractivity contribution in [3.63, 3.8) is 0 Å². The Kier molecular flexibility index (Phi) is 11.3. The van der Waals surface area contributed by atoms with Crippen molar-refractivity contribution in [1.82, 2.24) is 0 Å². The van der Waals surface area contributed by atoms with E-state index in [1.54, 1.807) is 0 Å². The molecule has 0 radical (unpaired) electrons. The molecule has 79 heavy (non-hydrogen) atoms. The topological polar surface area (TPSA) is 52.6 Å². The molecule has 0 unspecified atom stereocenters. The van der Waals surface area contributed by atoms with Crippen LogP contribution in [0.2, 0.25) is 0 Å². The Labute approximate surface area is 457 Å². The van der Waals surface area contributed by atoms with Crippen LogP contribution in [0.15, 0.2) is 218 Å². The van der Waals surface area contributed by atoms with Gasteiger partial charge in [-0.3, -0.25) is 9.59 Å². The summed E-state index contributed by atoms with van der Waals surface area (Å²) in [7, 11) is 2.69. The molecule has 0 amide bonds. The Morgan fingerprint density at radius 3 is 1.28 bits per heavy atom. The fourth-order valence-electron chi connectivity index (χ4n) is 12.9. The largest absolute Gasteiger partial charge is 0.468 e. The van der Waals surface area contributed by atoms with Gasteiger partial charge >= 0.3 is 11.9 Å². The van der Waals surface area contributed by atoms with Gasteiger partial charge in [0, 0.05) is 46.0 Å². The first-order chi connectivity index (χ1) is 39.0. The van der Waals surface area contributed by atoms with Crippen LogP contribution in [0.1, 0.15) is 33.4 Å². The highest BCUT2D eigenvalue weighted by molar-refractivity contribution is 6.43. The lowest BCUT2D eigenvalue weighted by Gasteiger charge is -2.27. The molecule has 0 saturated carbocycles. The van der Waals surface area contributed by atoms with Crippen LogP contribution < -0.4 is 0 Å². The summed E-state index contributed by atoms with van der Waals surface area (Å²) in [6.07, 6.45) is 0.0495. The molecular formula is C75H46O4. The van der Waals surface area contributed by atoms with Gasteiger partial charge < -0.3 is 9.47 Å². The second-order valence-corrected chi connectivity index (χ2v) is 20.3. The predicted molar refractivity (Wildman–Crippen MR) is 321 cm³/mol. The second kappa shape index (κ2) is 19.0. The summed E-state index contributed by atoms with van der Waals surface area (Å²) in [5, 5.41) is 11.1. The first kappa shape index (κ1) is 47.0. The molecule has 2 aliphatic rings. The number of benzene rings is 12. The summed E-state index contributed by atoms with van der Waals surface area (Å²) < 4.78 is 11.3. The Morgan fingerprint density at radius 1 is 0.354 bits per heavy atom. The molecule has 0 aliphatic heterocycles. The van der Waals surface area contributed by atoms with Gasteiger partial charge in [0.15, 0.2) is 5.41 Å². The van der Waals surface area contributed by atoms with E-state index in [-0.39, 0.29) is 12.8 Å². The third kappa shape index (κ3) is 7.29. The van der Waals surface area contributed by atoms with Crippen molar-refractivity contribution in [1.29, 1.82) is 0 Å². The normalized spacial score (nSPS) is 12.5. The van der Waals surface area contributed by atoms with Crippen LogP contribution in [-0.2, 0) is 31.9 Å². The van der Waals surface area contributed by atoms with Gasteiger partial charge in [0.05, 0.1) is 14.2 Å². The molecule has 4 nitrogen and oxygen atoms in total. The van der Waals surface area contributed by atoms with E-state index in [4.69, 9.17) is 9.47 Å². The van der Waals surface area contributed by atoms with Gasteiger partial charge in [0.2, 0.25) is 0 Å². The van der Waals surface area contributed by atoms with Gasteiger partial charge in [-0.2, -0.15) is 0 Å². The summed E-state index contributed by atoms with van der Waals surface area (Å²) >= 11 is 0. The summed E-state index contributed by atoms with van der Waals surface area (Å²) in [4.78, 5) is 29.3. The summed E-state index contributed by atoms with van der Waals surface area (Å²) in [6, 6.07) is 76.3. The number of carbonyl (C=O) groups is 2. The maximum absolute atomic E-state index is 14.7. The van der Waals surface area contributed by atoms with Crippen molar-refractivity contribution in [2.45, 2.75) is 12.8 Å². The fraction of sp³-hybridized carbons (Fsp3) is 0.0667. The molecule has 0 N–H and O–H groups in total. The molecule has 0 aromatic heterocycles. The summed E-state index contributed by atoms with van der Waals surface area (Å²) in [5.74, 6) is 18.6. The first-order valence-electron chi connectivity index (χ1n) is 26.5. The number of hydrogen-bond donors (Lipinski definition) is 0. The lowest BCUT2D eigenvalue weighted by atomic mass is 9.75. The minimum Gasteiger partial charge on any atom is -0.468 e. The van der Waals surface area contributed by atoms with Crippen molar-refractivity contribution >= 4 is 65.8 Å². The fourth-order valence-corrected chi connectivity index (χ4v) is 12.9. The number of carbonyl (C=O) groups excluding carboxylic acids is 2. The van der Waals surface area contributed by atoms with Crippen LogP contribution in [0.3, 0.4) is 0 Å². The molecule has 0 heterocycles. The number of rotatable bonds is 5. The van der Waals surface area contributed by atoms with E-state index in [1.807, 2.05) is 54.6 Å². The van der Waals surface area contributed by atoms with E-state index in [1.165, 1.54) is 19.6 Å². The van der Waals surface area contributed by atoms with Gasteiger partial charge in [-0.25, -0.2) is 0 Å². The van der Waals surface area contributed by atoms with Crippen molar-refractivity contribution in [2.24, 2.45) is 5.41 Å². The van der Waals surface area contributed by atoms with Gasteiger partial charge in [-0.15, -0.1) is 0 Å². The highest BCUT2D eigenvalue weighted by Gasteiger charge is 2.55. The number of fused-ring (bicyclic) bond motifs is 13. The molecule has 2 aliphatic carbocycles. The van der Waals surface area contributed by atoms with E-state index < -0.39 is 17.4 Å². The van der Waals surface area contributed by atoms with Crippen molar-refractivity contribution in [3.8, 4) is 91.2 Å². The lowest BCUT2D eigenvalue weighted by molar-refractivity contribution is -0.168. The Balaban J connectivity index is 1.24. The van der Waals surface area contributed by atoms with Crippen molar-refractivity contribution < 1.29 is 19.1 Å². The van der Waals surface area contributed by atoms with E-state index in [0.29, 0.717) is 0 Å². The zero-order valence-corrected chi connectivity index (χ0v) is 43.3. The molecule has 0 saturated heterocycles. The minimum atomic E-state index is -1.70. The molecule has 0 bridgehead atoms. The third-order valence-electron chi connectivity index (χ3n) is 16.2.